The second-order valence-electron chi connectivity index (χ2n) is 8.50. The van der Waals surface area contributed by atoms with E-state index in [1.54, 1.807) is 19.9 Å². The van der Waals surface area contributed by atoms with Gasteiger partial charge in [0.05, 0.1) is 19.8 Å². The van der Waals surface area contributed by atoms with Crippen LogP contribution in [-0.2, 0) is 10.7 Å². The van der Waals surface area contributed by atoms with Gasteiger partial charge in [-0.05, 0) is 43.2 Å². The van der Waals surface area contributed by atoms with E-state index in [0.717, 1.165) is 18.6 Å². The zero-order valence-electron chi connectivity index (χ0n) is 21.1. The summed E-state index contributed by atoms with van der Waals surface area (Å²) >= 11 is 0. The average Bonchev–Trinajstić information content (AvgIpc) is 2.90. The number of allylic oxidation sites excluding steroid dienone is 2. The summed E-state index contributed by atoms with van der Waals surface area (Å²) in [6.45, 7) is 10.8. The Morgan fingerprint density at radius 1 is 1.30 bits per heavy atom. The number of nitrogens with one attached hydrogen (secondary N) is 1. The predicted molar refractivity (Wildman–Crippen MR) is 137 cm³/mol. The van der Waals surface area contributed by atoms with Crippen molar-refractivity contribution in [3.63, 3.8) is 0 Å². The molecule has 1 fully saturated rings. The zero-order valence-corrected chi connectivity index (χ0v) is 21.1. The third-order valence-corrected chi connectivity index (χ3v) is 5.48. The van der Waals surface area contributed by atoms with E-state index in [9.17, 15) is 13.6 Å². The van der Waals surface area contributed by atoms with Gasteiger partial charge in [-0.3, -0.25) is 14.8 Å². The van der Waals surface area contributed by atoms with Crippen LogP contribution in [0.2, 0.25) is 0 Å². The highest BCUT2D eigenvalue weighted by atomic mass is 19.3. The molecule has 198 valence electrons. The van der Waals surface area contributed by atoms with Crippen LogP contribution in [0.3, 0.4) is 0 Å². The van der Waals surface area contributed by atoms with Crippen molar-refractivity contribution in [3.8, 4) is 5.88 Å². The largest absolute Gasteiger partial charge is 0.475 e. The minimum atomic E-state index is -3.15. The number of rotatable bonds is 10. The molecular formula is C26H31F2N5O4. The van der Waals surface area contributed by atoms with Gasteiger partial charge in [0.1, 0.15) is 18.1 Å². The fraction of sp³-hybridized carbons (Fsp3) is 0.385. The lowest BCUT2D eigenvalue weighted by Gasteiger charge is -2.28. The molecule has 2 N–H and O–H groups in total. The molecule has 0 aromatic carbocycles. The van der Waals surface area contributed by atoms with Crippen molar-refractivity contribution in [1.29, 1.82) is 0 Å². The normalized spacial score (nSPS) is 14.9. The van der Waals surface area contributed by atoms with Gasteiger partial charge in [-0.2, -0.15) is 13.8 Å². The molecule has 1 saturated heterocycles. The van der Waals surface area contributed by atoms with Gasteiger partial charge in [0.25, 0.3) is 11.8 Å². The number of aromatic nitrogens is 2. The van der Waals surface area contributed by atoms with Gasteiger partial charge in [-0.25, -0.2) is 0 Å². The molecule has 0 saturated carbocycles. The summed E-state index contributed by atoms with van der Waals surface area (Å²) in [5, 5.41) is 11.8. The summed E-state index contributed by atoms with van der Waals surface area (Å²) in [4.78, 5) is 27.2. The number of aliphatic hydroxyl groups excluding tert-OH is 1. The third kappa shape index (κ3) is 7.89. The number of morpholine rings is 1. The highest BCUT2D eigenvalue weighted by Crippen LogP contribution is 2.26. The van der Waals surface area contributed by atoms with E-state index in [2.05, 4.69) is 31.8 Å². The van der Waals surface area contributed by atoms with E-state index in [1.165, 1.54) is 18.5 Å². The number of alkyl halides is 2. The highest BCUT2D eigenvalue weighted by molar-refractivity contribution is 6.22. The molecule has 2 aromatic heterocycles. The fourth-order valence-electron chi connectivity index (χ4n) is 3.42. The predicted octanol–water partition coefficient (Wildman–Crippen LogP) is 3.56. The monoisotopic (exact) mass is 515 g/mol. The minimum Gasteiger partial charge on any atom is -0.475 e. The molecule has 0 aliphatic carbocycles. The third-order valence-electron chi connectivity index (χ3n) is 5.48. The second kappa shape index (κ2) is 12.5. The lowest BCUT2D eigenvalue weighted by atomic mass is 10.0. The summed E-state index contributed by atoms with van der Waals surface area (Å²) in [5.74, 6) is -2.64. The Bertz CT molecular complexity index is 1190. The van der Waals surface area contributed by atoms with E-state index in [0.29, 0.717) is 55.0 Å². The summed E-state index contributed by atoms with van der Waals surface area (Å²) in [6.07, 6.45) is 2.63. The SMILES string of the molecule is C=C(/C(C)=N\C=C(/C)NC(=O)c1ccnc(C(C)(F)F)c1)c1cc(OCCO)nc(N2CCOCC2)c1. The molecule has 1 amide bonds. The van der Waals surface area contributed by atoms with Crippen molar-refractivity contribution in [2.75, 3.05) is 44.4 Å². The van der Waals surface area contributed by atoms with E-state index < -0.39 is 17.5 Å². The zero-order chi connectivity index (χ0) is 27.0. The smallest absolute Gasteiger partial charge is 0.286 e. The van der Waals surface area contributed by atoms with Gasteiger partial charge in [0.2, 0.25) is 5.88 Å². The number of carbonyl (C=O) groups is 1. The Labute approximate surface area is 214 Å². The minimum absolute atomic E-state index is 0.0622. The molecule has 0 spiro atoms. The lowest BCUT2D eigenvalue weighted by molar-refractivity contribution is 0.0127. The molecular weight excluding hydrogens is 484 g/mol. The summed E-state index contributed by atoms with van der Waals surface area (Å²) in [7, 11) is 0. The van der Waals surface area contributed by atoms with Crippen LogP contribution < -0.4 is 15.0 Å². The maximum atomic E-state index is 13.5. The topological polar surface area (TPSA) is 109 Å². The second-order valence-corrected chi connectivity index (χ2v) is 8.50. The molecule has 3 heterocycles. The number of anilines is 1. The maximum Gasteiger partial charge on any atom is 0.286 e. The Balaban J connectivity index is 1.76. The number of pyridine rings is 2. The van der Waals surface area contributed by atoms with Crippen LogP contribution in [-0.4, -0.2) is 66.2 Å². The van der Waals surface area contributed by atoms with Gasteiger partial charge >= 0.3 is 0 Å². The van der Waals surface area contributed by atoms with Crippen molar-refractivity contribution >= 4 is 23.0 Å². The van der Waals surface area contributed by atoms with Gasteiger partial charge in [-0.1, -0.05) is 6.58 Å². The molecule has 0 bridgehead atoms. The van der Waals surface area contributed by atoms with E-state index in [4.69, 9.17) is 14.6 Å². The van der Waals surface area contributed by atoms with Crippen LogP contribution in [0.5, 0.6) is 5.88 Å². The number of aliphatic imine (C=N–C) groups is 1. The summed E-state index contributed by atoms with van der Waals surface area (Å²) in [6, 6.07) is 6.04. The summed E-state index contributed by atoms with van der Waals surface area (Å²) < 4.78 is 38.1. The van der Waals surface area contributed by atoms with Crippen LogP contribution in [0.1, 0.15) is 42.4 Å². The molecule has 1 aliphatic rings. The maximum absolute atomic E-state index is 13.5. The standard InChI is InChI=1S/C26H31F2N5O4/c1-17(31-25(35)20-5-6-29-22(13-20)26(4,27)28)16-30-19(3)18(2)21-14-23(33-7-10-36-11-8-33)32-24(15-21)37-12-9-34/h5-6,13-16,34H,2,7-12H2,1,3-4H3,(H,31,35)/b17-16+,30-19-. The van der Waals surface area contributed by atoms with Crippen LogP contribution in [0.25, 0.3) is 5.57 Å². The van der Waals surface area contributed by atoms with Crippen molar-refractivity contribution in [2.45, 2.75) is 26.7 Å². The first-order chi connectivity index (χ1) is 17.6. The Hall–Kier alpha value is -3.70. The van der Waals surface area contributed by atoms with Crippen molar-refractivity contribution < 1.29 is 28.2 Å². The van der Waals surface area contributed by atoms with E-state index >= 15 is 0 Å². The quantitative estimate of drug-likeness (QED) is 0.466. The van der Waals surface area contributed by atoms with Crippen LogP contribution in [0, 0.1) is 0 Å². The molecule has 2 aromatic rings. The van der Waals surface area contributed by atoms with E-state index in [-0.39, 0.29) is 18.8 Å². The Kier molecular flexibility index (Phi) is 9.42. The molecule has 0 atom stereocenters. The van der Waals surface area contributed by atoms with Crippen LogP contribution in [0.15, 0.2) is 53.9 Å². The fourth-order valence-corrected chi connectivity index (χ4v) is 3.42. The number of hydrogen-bond acceptors (Lipinski definition) is 8. The van der Waals surface area contributed by atoms with Crippen LogP contribution in [0.4, 0.5) is 14.6 Å². The molecule has 37 heavy (non-hydrogen) atoms. The highest BCUT2D eigenvalue weighted by Gasteiger charge is 2.27. The first kappa shape index (κ1) is 27.9. The molecule has 11 heteroatoms. The molecule has 0 radical (unpaired) electrons. The Morgan fingerprint density at radius 3 is 2.70 bits per heavy atom. The Morgan fingerprint density at radius 2 is 2.03 bits per heavy atom. The number of halogens is 2. The number of ether oxygens (including phenoxy) is 2. The molecule has 3 rings (SSSR count). The van der Waals surface area contributed by atoms with Gasteiger partial charge < -0.3 is 24.8 Å². The average molecular weight is 516 g/mol. The van der Waals surface area contributed by atoms with Crippen molar-refractivity contribution in [1.82, 2.24) is 15.3 Å². The van der Waals surface area contributed by atoms with Crippen LogP contribution >= 0.6 is 0 Å². The molecule has 0 unspecified atom stereocenters. The molecule has 9 nitrogen and oxygen atoms in total. The number of nitrogens with zero attached hydrogens (tertiary/aromatic N) is 4. The van der Waals surface area contributed by atoms with Gasteiger partial charge in [0.15, 0.2) is 0 Å². The first-order valence-corrected chi connectivity index (χ1v) is 11.7. The number of amides is 1. The summed E-state index contributed by atoms with van der Waals surface area (Å²) in [5.41, 5.74) is 1.93. The van der Waals surface area contributed by atoms with Crippen molar-refractivity contribution in [3.05, 3.63) is 65.8 Å². The first-order valence-electron chi connectivity index (χ1n) is 11.7. The van der Waals surface area contributed by atoms with Gasteiger partial charge in [0, 0.05) is 55.4 Å². The number of hydrogen-bond donors (Lipinski definition) is 2. The van der Waals surface area contributed by atoms with Crippen molar-refractivity contribution in [2.24, 2.45) is 4.99 Å². The number of carbonyl (C=O) groups excluding carboxylic acids is 1. The van der Waals surface area contributed by atoms with E-state index in [1.807, 2.05) is 6.07 Å². The molecule has 1 aliphatic heterocycles. The number of aliphatic hydroxyl groups is 1. The van der Waals surface area contributed by atoms with Gasteiger partial charge in [-0.15, -0.1) is 0 Å². The lowest BCUT2D eigenvalue weighted by Crippen LogP contribution is -2.36.